The van der Waals surface area contributed by atoms with Gasteiger partial charge in [-0.1, -0.05) is 76.9 Å². The number of carbonyl (C=O) groups is 1. The van der Waals surface area contributed by atoms with Crippen molar-refractivity contribution in [1.29, 1.82) is 0 Å². The van der Waals surface area contributed by atoms with Crippen LogP contribution < -0.4 is 5.73 Å². The third-order valence-electron chi connectivity index (χ3n) is 5.03. The molecule has 0 aromatic carbocycles. The van der Waals surface area contributed by atoms with Gasteiger partial charge in [-0.25, -0.2) is 0 Å². The van der Waals surface area contributed by atoms with Gasteiger partial charge in [-0.2, -0.15) is 0 Å². The van der Waals surface area contributed by atoms with Crippen molar-refractivity contribution in [3.8, 4) is 0 Å². The number of nitrogens with two attached hydrogens (primary N) is 1. The summed E-state index contributed by atoms with van der Waals surface area (Å²) < 4.78 is 0. The van der Waals surface area contributed by atoms with Gasteiger partial charge in [0.05, 0.1) is 0 Å². The van der Waals surface area contributed by atoms with Gasteiger partial charge in [-0.15, -0.1) is 0 Å². The molecule has 1 amide bonds. The van der Waals surface area contributed by atoms with E-state index in [2.05, 4.69) is 19.1 Å². The Balaban J connectivity index is 3.17. The summed E-state index contributed by atoms with van der Waals surface area (Å²) in [5, 5.41) is 9.15. The average Bonchev–Trinajstić information content (AvgIpc) is 2.60. The number of hydrogen-bond acceptors (Lipinski definition) is 2. The lowest BCUT2D eigenvalue weighted by Crippen LogP contribution is -2.09. The zero-order chi connectivity index (χ0) is 18.6. The van der Waals surface area contributed by atoms with E-state index in [4.69, 9.17) is 10.8 Å². The first-order valence-electron chi connectivity index (χ1n) is 10.7. The fourth-order valence-electron chi connectivity index (χ4n) is 3.15. The van der Waals surface area contributed by atoms with E-state index < -0.39 is 0 Å². The molecule has 1 atom stereocenters. The molecule has 0 bridgehead atoms. The van der Waals surface area contributed by atoms with Crippen LogP contribution >= 0.6 is 0 Å². The molecule has 148 valence electrons. The molecule has 0 aromatic heterocycles. The Labute approximate surface area is 156 Å². The summed E-state index contributed by atoms with van der Waals surface area (Å²) in [5.41, 5.74) is 5.12. The minimum Gasteiger partial charge on any atom is -0.396 e. The zero-order valence-corrected chi connectivity index (χ0v) is 16.7. The van der Waals surface area contributed by atoms with Gasteiger partial charge in [0.1, 0.15) is 0 Å². The molecule has 0 radical (unpaired) electrons. The van der Waals surface area contributed by atoms with Crippen molar-refractivity contribution < 1.29 is 9.90 Å². The van der Waals surface area contributed by atoms with Crippen molar-refractivity contribution in [3.05, 3.63) is 12.2 Å². The molecule has 3 N–H and O–H groups in total. The highest BCUT2D eigenvalue weighted by atomic mass is 16.3. The molecule has 0 aliphatic carbocycles. The smallest absolute Gasteiger partial charge is 0.217 e. The largest absolute Gasteiger partial charge is 0.396 e. The monoisotopic (exact) mass is 353 g/mol. The number of primary amides is 1. The molecule has 0 aromatic rings. The van der Waals surface area contributed by atoms with E-state index in [0.29, 0.717) is 18.9 Å². The molecule has 0 fully saturated rings. The highest BCUT2D eigenvalue weighted by Crippen LogP contribution is 2.15. The molecular formula is C22H43NO2. The van der Waals surface area contributed by atoms with Crippen LogP contribution in [0, 0.1) is 5.92 Å². The van der Waals surface area contributed by atoms with Gasteiger partial charge in [-0.3, -0.25) is 4.79 Å². The Bertz CT molecular complexity index is 311. The summed E-state index contributed by atoms with van der Waals surface area (Å²) >= 11 is 0. The number of aliphatic hydroxyl groups excluding tert-OH is 1. The van der Waals surface area contributed by atoms with Crippen LogP contribution in [0.4, 0.5) is 0 Å². The minimum absolute atomic E-state index is 0.172. The van der Waals surface area contributed by atoms with E-state index in [9.17, 15) is 4.79 Å². The number of unbranched alkanes of at least 4 members (excludes halogenated alkanes) is 11. The SMILES string of the molecule is CCC(CO)CCCCCCCC/C=C\CCCCCCCC(N)=O. The van der Waals surface area contributed by atoms with Crippen LogP contribution in [0.1, 0.15) is 110 Å². The van der Waals surface area contributed by atoms with Crippen LogP contribution in [-0.2, 0) is 4.79 Å². The van der Waals surface area contributed by atoms with Crippen molar-refractivity contribution in [2.45, 2.75) is 110 Å². The van der Waals surface area contributed by atoms with Crippen LogP contribution in [0.3, 0.4) is 0 Å². The molecule has 0 spiro atoms. The quantitative estimate of drug-likeness (QED) is 0.224. The van der Waals surface area contributed by atoms with Gasteiger partial charge < -0.3 is 10.8 Å². The number of rotatable bonds is 19. The second kappa shape index (κ2) is 19.5. The van der Waals surface area contributed by atoms with Crippen LogP contribution in [0.2, 0.25) is 0 Å². The van der Waals surface area contributed by atoms with Crippen LogP contribution in [0.15, 0.2) is 12.2 Å². The molecule has 0 saturated carbocycles. The average molecular weight is 354 g/mol. The van der Waals surface area contributed by atoms with E-state index >= 15 is 0 Å². The second-order valence-electron chi connectivity index (χ2n) is 7.40. The number of carbonyl (C=O) groups excluding carboxylic acids is 1. The topological polar surface area (TPSA) is 63.3 Å². The van der Waals surface area contributed by atoms with Gasteiger partial charge in [-0.05, 0) is 44.4 Å². The standard InChI is InChI=1S/C22H43NO2/c1-2-21(20-24)18-16-14-12-10-8-6-4-3-5-7-9-11-13-15-17-19-22(23)25/h3,5,21,24H,2,4,6-20H2,1H3,(H2,23,25)/b5-3-. The molecule has 25 heavy (non-hydrogen) atoms. The van der Waals surface area contributed by atoms with E-state index in [-0.39, 0.29) is 5.91 Å². The minimum atomic E-state index is -0.172. The normalized spacial score (nSPS) is 12.7. The van der Waals surface area contributed by atoms with Gasteiger partial charge >= 0.3 is 0 Å². The molecule has 0 aliphatic rings. The molecule has 0 saturated heterocycles. The third kappa shape index (κ3) is 19.3. The van der Waals surface area contributed by atoms with Crippen molar-refractivity contribution in [3.63, 3.8) is 0 Å². The van der Waals surface area contributed by atoms with Crippen molar-refractivity contribution in [1.82, 2.24) is 0 Å². The maximum absolute atomic E-state index is 10.6. The van der Waals surface area contributed by atoms with E-state index in [1.165, 1.54) is 77.0 Å². The van der Waals surface area contributed by atoms with Crippen LogP contribution in [-0.4, -0.2) is 17.6 Å². The van der Waals surface area contributed by atoms with Crippen LogP contribution in [0.25, 0.3) is 0 Å². The van der Waals surface area contributed by atoms with Crippen molar-refractivity contribution >= 4 is 5.91 Å². The predicted molar refractivity (Wildman–Crippen MR) is 108 cm³/mol. The molecule has 3 heteroatoms. The fourth-order valence-corrected chi connectivity index (χ4v) is 3.15. The predicted octanol–water partition coefficient (Wildman–Crippen LogP) is 5.90. The van der Waals surface area contributed by atoms with Gasteiger partial charge in [0, 0.05) is 13.0 Å². The van der Waals surface area contributed by atoms with E-state index in [1.54, 1.807) is 0 Å². The third-order valence-corrected chi connectivity index (χ3v) is 5.03. The molecule has 3 nitrogen and oxygen atoms in total. The lowest BCUT2D eigenvalue weighted by Gasteiger charge is -2.10. The lowest BCUT2D eigenvalue weighted by molar-refractivity contribution is -0.118. The maximum atomic E-state index is 10.6. The van der Waals surface area contributed by atoms with Crippen LogP contribution in [0.5, 0.6) is 0 Å². The summed E-state index contributed by atoms with van der Waals surface area (Å²) in [6.07, 6.45) is 23.8. The summed E-state index contributed by atoms with van der Waals surface area (Å²) in [6.45, 7) is 2.53. The fraction of sp³-hybridized carbons (Fsp3) is 0.864. The lowest BCUT2D eigenvalue weighted by atomic mass is 9.98. The Hall–Kier alpha value is -0.830. The summed E-state index contributed by atoms with van der Waals surface area (Å²) in [6, 6.07) is 0. The summed E-state index contributed by atoms with van der Waals surface area (Å²) in [5.74, 6) is 0.357. The molecule has 0 heterocycles. The molecule has 0 aliphatic heterocycles. The first kappa shape index (κ1) is 24.2. The van der Waals surface area contributed by atoms with Crippen molar-refractivity contribution in [2.75, 3.05) is 6.61 Å². The van der Waals surface area contributed by atoms with Gasteiger partial charge in [0.25, 0.3) is 0 Å². The Morgan fingerprint density at radius 3 is 1.80 bits per heavy atom. The molecule has 1 unspecified atom stereocenters. The number of aliphatic hydroxyl groups is 1. The zero-order valence-electron chi connectivity index (χ0n) is 16.7. The Kier molecular flexibility index (Phi) is 18.8. The first-order valence-corrected chi connectivity index (χ1v) is 10.7. The Morgan fingerprint density at radius 2 is 1.32 bits per heavy atom. The van der Waals surface area contributed by atoms with E-state index in [0.717, 1.165) is 19.3 Å². The summed E-state index contributed by atoms with van der Waals surface area (Å²) in [7, 11) is 0. The Morgan fingerprint density at radius 1 is 0.840 bits per heavy atom. The van der Waals surface area contributed by atoms with Gasteiger partial charge in [0.2, 0.25) is 5.91 Å². The number of allylic oxidation sites excluding steroid dienone is 2. The first-order chi connectivity index (χ1) is 12.2. The molecule has 0 rings (SSSR count). The van der Waals surface area contributed by atoms with Gasteiger partial charge in [0.15, 0.2) is 0 Å². The molecular weight excluding hydrogens is 310 g/mol. The maximum Gasteiger partial charge on any atom is 0.217 e. The number of hydrogen-bond donors (Lipinski definition) is 2. The highest BCUT2D eigenvalue weighted by Gasteiger charge is 2.03. The summed E-state index contributed by atoms with van der Waals surface area (Å²) in [4.78, 5) is 10.6. The second-order valence-corrected chi connectivity index (χ2v) is 7.40. The highest BCUT2D eigenvalue weighted by molar-refractivity contribution is 5.73. The van der Waals surface area contributed by atoms with Crippen molar-refractivity contribution in [2.24, 2.45) is 11.7 Å². The number of amides is 1. The van der Waals surface area contributed by atoms with E-state index in [1.807, 2.05) is 0 Å².